The van der Waals surface area contributed by atoms with Gasteiger partial charge in [-0.05, 0) is 36.9 Å². The highest BCUT2D eigenvalue weighted by molar-refractivity contribution is 7.99. The molecule has 1 aliphatic carbocycles. The summed E-state index contributed by atoms with van der Waals surface area (Å²) in [6, 6.07) is 1.65. The summed E-state index contributed by atoms with van der Waals surface area (Å²) in [5, 5.41) is 3.87. The Morgan fingerprint density at radius 3 is 2.71 bits per heavy atom. The van der Waals surface area contributed by atoms with Gasteiger partial charge in [0.15, 0.2) is 0 Å². The van der Waals surface area contributed by atoms with E-state index in [1.807, 2.05) is 0 Å². The first-order valence-electron chi connectivity index (χ1n) is 6.15. The lowest BCUT2D eigenvalue weighted by Gasteiger charge is -2.24. The van der Waals surface area contributed by atoms with Crippen LogP contribution in [0.25, 0.3) is 0 Å². The second kappa shape index (κ2) is 4.89. The van der Waals surface area contributed by atoms with Crippen LogP contribution in [0.5, 0.6) is 0 Å². The van der Waals surface area contributed by atoms with Crippen molar-refractivity contribution < 1.29 is 0 Å². The van der Waals surface area contributed by atoms with Gasteiger partial charge >= 0.3 is 0 Å². The predicted molar refractivity (Wildman–Crippen MR) is 64.8 cm³/mol. The topological polar surface area (TPSA) is 12.0 Å². The first-order valence-corrected chi connectivity index (χ1v) is 7.30. The molecule has 4 unspecified atom stereocenters. The number of nitrogens with one attached hydrogen (secondary N) is 1. The van der Waals surface area contributed by atoms with E-state index in [-0.39, 0.29) is 0 Å². The van der Waals surface area contributed by atoms with E-state index in [9.17, 15) is 0 Å². The number of hydrogen-bond acceptors (Lipinski definition) is 2. The molecule has 82 valence electrons. The Labute approximate surface area is 92.4 Å². The van der Waals surface area contributed by atoms with E-state index in [0.29, 0.717) is 0 Å². The van der Waals surface area contributed by atoms with Crippen LogP contribution < -0.4 is 5.32 Å². The Kier molecular flexibility index (Phi) is 3.78. The monoisotopic (exact) mass is 213 g/mol. The standard InChI is InChI=1S/C12H23NS/c1-3-10-4-5-12(9(10)2)13-11-6-7-14-8-11/h9-13H,3-8H2,1-2H3. The molecule has 14 heavy (non-hydrogen) atoms. The van der Waals surface area contributed by atoms with Gasteiger partial charge in [-0.2, -0.15) is 11.8 Å². The molecule has 0 aromatic rings. The molecular weight excluding hydrogens is 190 g/mol. The van der Waals surface area contributed by atoms with E-state index in [0.717, 1.165) is 23.9 Å². The minimum atomic E-state index is 0.822. The van der Waals surface area contributed by atoms with E-state index < -0.39 is 0 Å². The van der Waals surface area contributed by atoms with Gasteiger partial charge in [0.05, 0.1) is 0 Å². The number of hydrogen-bond donors (Lipinski definition) is 1. The van der Waals surface area contributed by atoms with Crippen LogP contribution >= 0.6 is 11.8 Å². The molecule has 2 aliphatic rings. The summed E-state index contributed by atoms with van der Waals surface area (Å²) in [6.45, 7) is 4.79. The molecule has 1 nitrogen and oxygen atoms in total. The first kappa shape index (κ1) is 10.8. The van der Waals surface area contributed by atoms with E-state index in [1.54, 1.807) is 0 Å². The summed E-state index contributed by atoms with van der Waals surface area (Å²) < 4.78 is 0. The van der Waals surface area contributed by atoms with Gasteiger partial charge in [0.1, 0.15) is 0 Å². The third-order valence-corrected chi connectivity index (χ3v) is 5.29. The summed E-state index contributed by atoms with van der Waals surface area (Å²) >= 11 is 2.11. The van der Waals surface area contributed by atoms with E-state index in [1.165, 1.54) is 37.2 Å². The smallest absolute Gasteiger partial charge is 0.0168 e. The lowest BCUT2D eigenvalue weighted by molar-refractivity contribution is 0.327. The van der Waals surface area contributed by atoms with Crippen molar-refractivity contribution in [1.82, 2.24) is 5.32 Å². The highest BCUT2D eigenvalue weighted by Crippen LogP contribution is 2.34. The van der Waals surface area contributed by atoms with Gasteiger partial charge in [-0.3, -0.25) is 0 Å². The molecule has 1 saturated heterocycles. The molecule has 4 atom stereocenters. The number of rotatable bonds is 3. The van der Waals surface area contributed by atoms with Crippen molar-refractivity contribution in [1.29, 1.82) is 0 Å². The number of thioether (sulfide) groups is 1. The molecule has 2 fully saturated rings. The Bertz CT molecular complexity index is 177. The maximum atomic E-state index is 3.87. The van der Waals surface area contributed by atoms with Crippen molar-refractivity contribution in [2.24, 2.45) is 11.8 Å². The van der Waals surface area contributed by atoms with Crippen LogP contribution in [0.15, 0.2) is 0 Å². The second-order valence-electron chi connectivity index (χ2n) is 4.94. The average molecular weight is 213 g/mol. The van der Waals surface area contributed by atoms with Gasteiger partial charge in [0, 0.05) is 17.8 Å². The van der Waals surface area contributed by atoms with E-state index in [2.05, 4.69) is 30.9 Å². The molecule has 1 saturated carbocycles. The van der Waals surface area contributed by atoms with Crippen molar-refractivity contribution in [2.75, 3.05) is 11.5 Å². The van der Waals surface area contributed by atoms with Crippen LogP contribution in [-0.2, 0) is 0 Å². The molecule has 0 spiro atoms. The molecule has 0 aromatic carbocycles. The third kappa shape index (κ3) is 2.27. The van der Waals surface area contributed by atoms with Crippen LogP contribution in [0.3, 0.4) is 0 Å². The highest BCUT2D eigenvalue weighted by Gasteiger charge is 2.33. The molecule has 0 aromatic heterocycles. The van der Waals surface area contributed by atoms with Crippen LogP contribution in [0, 0.1) is 11.8 Å². The Morgan fingerprint density at radius 2 is 2.14 bits per heavy atom. The summed E-state index contributed by atoms with van der Waals surface area (Å²) in [5.41, 5.74) is 0. The minimum Gasteiger partial charge on any atom is -0.310 e. The zero-order valence-corrected chi connectivity index (χ0v) is 10.3. The van der Waals surface area contributed by atoms with Crippen molar-refractivity contribution >= 4 is 11.8 Å². The zero-order valence-electron chi connectivity index (χ0n) is 9.46. The van der Waals surface area contributed by atoms with Crippen molar-refractivity contribution in [2.45, 2.75) is 51.6 Å². The molecule has 2 heteroatoms. The van der Waals surface area contributed by atoms with Gasteiger partial charge in [-0.1, -0.05) is 20.3 Å². The molecule has 1 aliphatic heterocycles. The van der Waals surface area contributed by atoms with E-state index >= 15 is 0 Å². The summed E-state index contributed by atoms with van der Waals surface area (Å²) in [6.07, 6.45) is 5.64. The maximum absolute atomic E-state index is 3.87. The van der Waals surface area contributed by atoms with Gasteiger partial charge in [0.2, 0.25) is 0 Å². The molecule has 0 amide bonds. The third-order valence-electron chi connectivity index (χ3n) is 4.13. The largest absolute Gasteiger partial charge is 0.310 e. The Balaban J connectivity index is 1.80. The van der Waals surface area contributed by atoms with Crippen LogP contribution in [0.4, 0.5) is 0 Å². The molecule has 0 radical (unpaired) electrons. The Hall–Kier alpha value is 0.310. The summed E-state index contributed by atoms with van der Waals surface area (Å²) in [5.74, 6) is 4.61. The van der Waals surface area contributed by atoms with Crippen molar-refractivity contribution in [3.63, 3.8) is 0 Å². The second-order valence-corrected chi connectivity index (χ2v) is 6.09. The first-order chi connectivity index (χ1) is 6.81. The molecule has 2 rings (SSSR count). The average Bonchev–Trinajstić information content (AvgIpc) is 2.79. The predicted octanol–water partition coefficient (Wildman–Crippen LogP) is 2.91. The molecule has 1 N–H and O–H groups in total. The fraction of sp³-hybridized carbons (Fsp3) is 1.00. The lowest BCUT2D eigenvalue weighted by Crippen LogP contribution is -2.40. The quantitative estimate of drug-likeness (QED) is 0.773. The van der Waals surface area contributed by atoms with Crippen molar-refractivity contribution in [3.05, 3.63) is 0 Å². The molecular formula is C12H23NS. The van der Waals surface area contributed by atoms with Crippen LogP contribution in [0.2, 0.25) is 0 Å². The van der Waals surface area contributed by atoms with Crippen molar-refractivity contribution in [3.8, 4) is 0 Å². The summed E-state index contributed by atoms with van der Waals surface area (Å²) in [7, 11) is 0. The fourth-order valence-corrected chi connectivity index (χ4v) is 4.19. The maximum Gasteiger partial charge on any atom is 0.0168 e. The zero-order chi connectivity index (χ0) is 9.97. The van der Waals surface area contributed by atoms with Crippen LogP contribution in [0.1, 0.15) is 39.5 Å². The van der Waals surface area contributed by atoms with E-state index in [4.69, 9.17) is 0 Å². The fourth-order valence-electron chi connectivity index (χ4n) is 3.03. The van der Waals surface area contributed by atoms with Gasteiger partial charge in [-0.25, -0.2) is 0 Å². The Morgan fingerprint density at radius 1 is 1.29 bits per heavy atom. The van der Waals surface area contributed by atoms with Gasteiger partial charge < -0.3 is 5.32 Å². The highest BCUT2D eigenvalue weighted by atomic mass is 32.2. The molecule has 1 heterocycles. The minimum absolute atomic E-state index is 0.822. The van der Waals surface area contributed by atoms with Crippen LogP contribution in [-0.4, -0.2) is 23.6 Å². The summed E-state index contributed by atoms with van der Waals surface area (Å²) in [4.78, 5) is 0. The lowest BCUT2D eigenvalue weighted by atomic mass is 9.93. The normalized spacial score (nSPS) is 43.3. The SMILES string of the molecule is CCC1CCC(NC2CCSC2)C1C. The van der Waals surface area contributed by atoms with Gasteiger partial charge in [0.25, 0.3) is 0 Å². The molecule has 0 bridgehead atoms. The van der Waals surface area contributed by atoms with Gasteiger partial charge in [-0.15, -0.1) is 0 Å².